The fourth-order valence-electron chi connectivity index (χ4n) is 5.42. The third-order valence-electron chi connectivity index (χ3n) is 7.62. The molecule has 6 rings (SSSR count). The molecule has 40 heavy (non-hydrogen) atoms. The zero-order chi connectivity index (χ0) is 27.9. The van der Waals surface area contributed by atoms with Gasteiger partial charge in [0.1, 0.15) is 18.1 Å². The van der Waals surface area contributed by atoms with Gasteiger partial charge in [-0.3, -0.25) is 10.2 Å². The molecule has 2 atom stereocenters. The zero-order valence-corrected chi connectivity index (χ0v) is 23.6. The number of hydrogen-bond acceptors (Lipinski definition) is 7. The first-order chi connectivity index (χ1) is 19.6. The number of pyridine rings is 1. The molecule has 2 aliphatic rings. The fraction of sp³-hybridized carbons (Fsp3) is 0.375. The van der Waals surface area contributed by atoms with Crippen LogP contribution in [0.15, 0.2) is 72.8 Å². The van der Waals surface area contributed by atoms with Crippen molar-refractivity contribution in [3.8, 4) is 0 Å². The molecule has 5 N–H and O–H groups in total. The average Bonchev–Trinajstić information content (AvgIpc) is 3.33. The van der Waals surface area contributed by atoms with Crippen LogP contribution in [0.3, 0.4) is 0 Å². The second-order valence-corrected chi connectivity index (χ2v) is 10.5. The minimum atomic E-state index is -0.131. The standard InChI is InChI=1S/C32H41N7O/c1-3-4-17-27-37-30-31(25-15-9-10-16-26(25)36-32(30)34)39(27)21-12-11-20-38(2)40-22-35-29-24-14-8-6-5-7-13-23(18-19-24)28(29)33/h5-10,13-16,18-19,28-29,35H,3-4,11-12,17,20-22,33H2,1-2H3,(H2,34,36). The Labute approximate surface area is 236 Å². The third-order valence-corrected chi connectivity index (χ3v) is 7.62. The number of aryl methyl sites for hydroxylation is 2. The van der Waals surface area contributed by atoms with E-state index in [2.05, 4.69) is 58.2 Å². The monoisotopic (exact) mass is 539 g/mol. The number of hydroxylamine groups is 2. The van der Waals surface area contributed by atoms with Gasteiger partial charge in [0.15, 0.2) is 5.82 Å². The highest BCUT2D eigenvalue weighted by Crippen LogP contribution is 2.30. The Morgan fingerprint density at radius 3 is 2.50 bits per heavy atom. The first-order valence-electron chi connectivity index (χ1n) is 14.4. The minimum Gasteiger partial charge on any atom is -0.382 e. The van der Waals surface area contributed by atoms with Crippen molar-refractivity contribution < 1.29 is 4.84 Å². The average molecular weight is 540 g/mol. The van der Waals surface area contributed by atoms with Crippen molar-refractivity contribution >= 4 is 27.8 Å². The number of fused-ring (bicyclic) bond motifs is 10. The molecule has 2 bridgehead atoms. The Balaban J connectivity index is 1.18. The number of nitrogens with one attached hydrogen (secondary N) is 1. The van der Waals surface area contributed by atoms with Gasteiger partial charge in [0, 0.05) is 38.0 Å². The molecule has 210 valence electrons. The van der Waals surface area contributed by atoms with Crippen molar-refractivity contribution in [2.24, 2.45) is 5.73 Å². The molecule has 0 radical (unpaired) electrons. The summed E-state index contributed by atoms with van der Waals surface area (Å²) in [6.45, 7) is 4.30. The Morgan fingerprint density at radius 1 is 0.925 bits per heavy atom. The number of unbranched alkanes of at least 4 members (excludes halogenated alkanes) is 2. The van der Waals surface area contributed by atoms with Gasteiger partial charge in [-0.05, 0) is 36.5 Å². The van der Waals surface area contributed by atoms with Crippen molar-refractivity contribution in [3.05, 3.63) is 89.7 Å². The van der Waals surface area contributed by atoms with Crippen LogP contribution in [-0.2, 0) is 17.8 Å². The molecule has 0 fully saturated rings. The number of imidazole rings is 1. The lowest BCUT2D eigenvalue weighted by Gasteiger charge is -2.29. The molecule has 0 saturated carbocycles. The predicted octanol–water partition coefficient (Wildman–Crippen LogP) is 5.58. The van der Waals surface area contributed by atoms with E-state index in [0.717, 1.165) is 84.1 Å². The van der Waals surface area contributed by atoms with Gasteiger partial charge in [-0.2, -0.15) is 5.06 Å². The highest BCUT2D eigenvalue weighted by Gasteiger charge is 2.23. The van der Waals surface area contributed by atoms with Crippen LogP contribution in [0.4, 0.5) is 5.82 Å². The van der Waals surface area contributed by atoms with Crippen molar-refractivity contribution in [2.75, 3.05) is 26.1 Å². The summed E-state index contributed by atoms with van der Waals surface area (Å²) in [5.41, 5.74) is 18.0. The van der Waals surface area contributed by atoms with Gasteiger partial charge < -0.3 is 16.0 Å². The quantitative estimate of drug-likeness (QED) is 0.123. The molecule has 2 aromatic heterocycles. The number of rotatable bonds is 12. The number of anilines is 1. The number of hydrogen-bond donors (Lipinski definition) is 3. The summed E-state index contributed by atoms with van der Waals surface area (Å²) in [6.07, 6.45) is 5.15. The van der Waals surface area contributed by atoms with E-state index in [0.29, 0.717) is 12.5 Å². The van der Waals surface area contributed by atoms with Crippen LogP contribution in [0.25, 0.3) is 21.9 Å². The topological polar surface area (TPSA) is 107 Å². The van der Waals surface area contributed by atoms with E-state index in [1.54, 1.807) is 0 Å². The Morgan fingerprint density at radius 2 is 1.68 bits per heavy atom. The summed E-state index contributed by atoms with van der Waals surface area (Å²) in [5.74, 6) is 1.60. The normalized spacial score (nSPS) is 16.2. The van der Waals surface area contributed by atoms with E-state index in [9.17, 15) is 0 Å². The predicted molar refractivity (Wildman–Crippen MR) is 163 cm³/mol. The second-order valence-electron chi connectivity index (χ2n) is 10.5. The minimum absolute atomic E-state index is 0.00591. The van der Waals surface area contributed by atoms with Gasteiger partial charge in [0.2, 0.25) is 0 Å². The van der Waals surface area contributed by atoms with Crippen molar-refractivity contribution in [2.45, 2.75) is 57.7 Å². The molecular weight excluding hydrogens is 498 g/mol. The van der Waals surface area contributed by atoms with E-state index in [1.807, 2.05) is 48.5 Å². The summed E-state index contributed by atoms with van der Waals surface area (Å²) in [6, 6.07) is 24.6. The second kappa shape index (κ2) is 13.2. The molecule has 4 aromatic rings. The smallest absolute Gasteiger partial charge is 0.152 e. The van der Waals surface area contributed by atoms with E-state index in [4.69, 9.17) is 21.3 Å². The summed E-state index contributed by atoms with van der Waals surface area (Å²) in [4.78, 5) is 15.6. The maximum atomic E-state index is 6.57. The number of benzene rings is 1. The maximum Gasteiger partial charge on any atom is 0.152 e. The summed E-state index contributed by atoms with van der Waals surface area (Å²) < 4.78 is 2.36. The molecule has 2 aliphatic carbocycles. The van der Waals surface area contributed by atoms with Crippen LogP contribution in [0.2, 0.25) is 0 Å². The number of nitrogen functional groups attached to an aromatic ring is 1. The van der Waals surface area contributed by atoms with Crippen molar-refractivity contribution in [1.29, 1.82) is 0 Å². The maximum absolute atomic E-state index is 6.57. The van der Waals surface area contributed by atoms with E-state index in [-0.39, 0.29) is 12.1 Å². The number of para-hydroxylation sites is 1. The van der Waals surface area contributed by atoms with Gasteiger partial charge in [-0.15, -0.1) is 0 Å². The highest BCUT2D eigenvalue weighted by molar-refractivity contribution is 6.06. The summed E-state index contributed by atoms with van der Waals surface area (Å²) in [5, 5.41) is 6.51. The molecule has 0 saturated heterocycles. The van der Waals surface area contributed by atoms with Crippen LogP contribution in [-0.4, -0.2) is 39.9 Å². The Kier molecular flexibility index (Phi) is 9.23. The van der Waals surface area contributed by atoms with E-state index in [1.165, 1.54) is 0 Å². The molecular formula is C32H41N7O. The first-order valence-corrected chi connectivity index (χ1v) is 14.4. The SMILES string of the molecule is CCCCc1nc2c(N)nc3ccccc3c2n1CCCCN(C)OCNC1c2ccccccc(cc2)C1N. The van der Waals surface area contributed by atoms with Crippen LogP contribution >= 0.6 is 0 Å². The van der Waals surface area contributed by atoms with E-state index < -0.39 is 0 Å². The number of nitrogens with zero attached hydrogens (tertiary/aromatic N) is 4. The van der Waals surface area contributed by atoms with Crippen LogP contribution in [0.5, 0.6) is 0 Å². The molecule has 8 heteroatoms. The molecule has 0 amide bonds. The molecule has 2 unspecified atom stereocenters. The van der Waals surface area contributed by atoms with Crippen LogP contribution in [0.1, 0.15) is 61.6 Å². The molecule has 0 aliphatic heterocycles. The summed E-state index contributed by atoms with van der Waals surface area (Å²) in [7, 11) is 1.98. The van der Waals surface area contributed by atoms with Gasteiger partial charge >= 0.3 is 0 Å². The molecule has 0 spiro atoms. The van der Waals surface area contributed by atoms with Gasteiger partial charge in [-0.25, -0.2) is 9.97 Å². The van der Waals surface area contributed by atoms with Crippen molar-refractivity contribution in [3.63, 3.8) is 0 Å². The van der Waals surface area contributed by atoms with Crippen molar-refractivity contribution in [1.82, 2.24) is 24.9 Å². The largest absolute Gasteiger partial charge is 0.382 e. The van der Waals surface area contributed by atoms with Gasteiger partial charge in [-0.1, -0.05) is 80.1 Å². The van der Waals surface area contributed by atoms with Gasteiger partial charge in [0.25, 0.3) is 0 Å². The Hall–Kier alpha value is -3.56. The molecule has 2 aromatic carbocycles. The fourth-order valence-corrected chi connectivity index (χ4v) is 5.42. The molecule has 2 heterocycles. The zero-order valence-electron chi connectivity index (χ0n) is 23.6. The number of nitrogens with two attached hydrogens (primary N) is 2. The summed E-state index contributed by atoms with van der Waals surface area (Å²) >= 11 is 0. The lowest BCUT2D eigenvalue weighted by molar-refractivity contribution is -0.149. The third kappa shape index (κ3) is 6.26. The lowest BCUT2D eigenvalue weighted by Crippen LogP contribution is -2.36. The van der Waals surface area contributed by atoms with Gasteiger partial charge in [0.05, 0.1) is 17.1 Å². The van der Waals surface area contributed by atoms with E-state index >= 15 is 0 Å². The number of aromatic nitrogens is 3. The highest BCUT2D eigenvalue weighted by atomic mass is 16.7. The first kappa shape index (κ1) is 28.0. The van der Waals surface area contributed by atoms with Crippen LogP contribution < -0.4 is 16.8 Å². The lowest BCUT2D eigenvalue weighted by atomic mass is 9.91. The Bertz CT molecular complexity index is 1500. The molecule has 8 nitrogen and oxygen atoms in total. The van der Waals surface area contributed by atoms with Crippen LogP contribution in [0, 0.1) is 0 Å².